The van der Waals surface area contributed by atoms with Crippen LogP contribution < -0.4 is 5.32 Å². The minimum absolute atomic E-state index is 0.0240. The number of aryl methyl sites for hydroxylation is 1. The molecule has 2 heterocycles. The van der Waals surface area contributed by atoms with Crippen LogP contribution in [0, 0.1) is 6.92 Å². The largest absolute Gasteiger partial charge is 0.439 e. The first-order valence-electron chi connectivity index (χ1n) is 8.26. The molecule has 1 aliphatic rings. The number of methoxy groups -OCH3 is 1. The van der Waals surface area contributed by atoms with Gasteiger partial charge in [-0.05, 0) is 24.6 Å². The Morgan fingerprint density at radius 1 is 1.33 bits per heavy atom. The van der Waals surface area contributed by atoms with Crippen LogP contribution in [0.5, 0.6) is 0 Å². The third kappa shape index (κ3) is 4.04. The van der Waals surface area contributed by atoms with Crippen LogP contribution in [0.2, 0.25) is 0 Å². The van der Waals surface area contributed by atoms with Crippen LogP contribution >= 0.6 is 0 Å². The number of fused-ring (bicyclic) bond motifs is 1. The molecule has 0 radical (unpaired) electrons. The molecule has 1 N–H and O–H groups in total. The first kappa shape index (κ1) is 16.7. The Morgan fingerprint density at radius 3 is 2.88 bits per heavy atom. The van der Waals surface area contributed by atoms with Gasteiger partial charge in [-0.1, -0.05) is 6.07 Å². The number of carbonyl (C=O) groups is 1. The highest BCUT2D eigenvalue weighted by Gasteiger charge is 2.22. The van der Waals surface area contributed by atoms with Gasteiger partial charge in [0.25, 0.3) is 0 Å². The molecule has 0 unspecified atom stereocenters. The Kier molecular flexibility index (Phi) is 5.32. The lowest BCUT2D eigenvalue weighted by Gasteiger charge is -2.33. The van der Waals surface area contributed by atoms with Crippen LogP contribution in [-0.2, 0) is 11.3 Å². The monoisotopic (exact) mass is 332 g/mol. The van der Waals surface area contributed by atoms with E-state index in [1.807, 2.05) is 30.0 Å². The van der Waals surface area contributed by atoms with Crippen LogP contribution in [0.1, 0.15) is 11.5 Å². The van der Waals surface area contributed by atoms with E-state index in [2.05, 4.69) is 15.2 Å². The summed E-state index contributed by atoms with van der Waals surface area (Å²) in [5.74, 6) is 0.730. The number of nitrogens with one attached hydrogen (secondary N) is 1. The summed E-state index contributed by atoms with van der Waals surface area (Å²) >= 11 is 0. The molecular formula is C17H24N4O3. The van der Waals surface area contributed by atoms with Crippen molar-refractivity contribution in [2.75, 3.05) is 46.4 Å². The smallest absolute Gasteiger partial charge is 0.317 e. The fraction of sp³-hybridized carbons (Fsp3) is 0.529. The molecule has 1 saturated heterocycles. The SMILES string of the molecule is COCCNC(=O)N1CCN(Cc2nc3cc(C)ccc3o2)CC1. The van der Waals surface area contributed by atoms with E-state index in [0.29, 0.717) is 32.8 Å². The van der Waals surface area contributed by atoms with Crippen molar-refractivity contribution in [3.63, 3.8) is 0 Å². The third-order valence-electron chi connectivity index (χ3n) is 4.19. The molecule has 0 spiro atoms. The number of ether oxygens (including phenoxy) is 1. The highest BCUT2D eigenvalue weighted by Crippen LogP contribution is 2.18. The zero-order valence-corrected chi connectivity index (χ0v) is 14.2. The van der Waals surface area contributed by atoms with Gasteiger partial charge in [-0.3, -0.25) is 4.90 Å². The number of hydrogen-bond acceptors (Lipinski definition) is 5. The predicted octanol–water partition coefficient (Wildman–Crippen LogP) is 1.61. The Morgan fingerprint density at radius 2 is 2.12 bits per heavy atom. The normalized spacial score (nSPS) is 15.8. The number of urea groups is 1. The number of nitrogens with zero attached hydrogens (tertiary/aromatic N) is 3. The van der Waals surface area contributed by atoms with Crippen LogP contribution in [-0.4, -0.2) is 67.3 Å². The topological polar surface area (TPSA) is 70.8 Å². The van der Waals surface area contributed by atoms with Gasteiger partial charge in [-0.15, -0.1) is 0 Å². The van der Waals surface area contributed by atoms with Crippen molar-refractivity contribution in [3.05, 3.63) is 29.7 Å². The summed E-state index contributed by atoms with van der Waals surface area (Å²) in [6.45, 7) is 6.83. The third-order valence-corrected chi connectivity index (χ3v) is 4.19. The lowest BCUT2D eigenvalue weighted by atomic mass is 10.2. The average molecular weight is 332 g/mol. The molecule has 130 valence electrons. The summed E-state index contributed by atoms with van der Waals surface area (Å²) in [5.41, 5.74) is 2.91. The van der Waals surface area contributed by atoms with Crippen molar-refractivity contribution in [2.45, 2.75) is 13.5 Å². The van der Waals surface area contributed by atoms with E-state index in [1.165, 1.54) is 5.56 Å². The van der Waals surface area contributed by atoms with E-state index in [9.17, 15) is 4.79 Å². The second-order valence-electron chi connectivity index (χ2n) is 6.07. The van der Waals surface area contributed by atoms with E-state index in [4.69, 9.17) is 9.15 Å². The molecule has 0 atom stereocenters. The summed E-state index contributed by atoms with van der Waals surface area (Å²) in [5, 5.41) is 2.85. The van der Waals surface area contributed by atoms with Crippen molar-refractivity contribution in [3.8, 4) is 0 Å². The van der Waals surface area contributed by atoms with E-state index < -0.39 is 0 Å². The summed E-state index contributed by atoms with van der Waals surface area (Å²) in [6, 6.07) is 6.00. The number of benzene rings is 1. The maximum atomic E-state index is 12.0. The second-order valence-corrected chi connectivity index (χ2v) is 6.07. The van der Waals surface area contributed by atoms with Gasteiger partial charge in [-0.25, -0.2) is 9.78 Å². The van der Waals surface area contributed by atoms with Crippen LogP contribution in [0.4, 0.5) is 4.79 Å². The number of oxazole rings is 1. The number of piperazine rings is 1. The second kappa shape index (κ2) is 7.63. The van der Waals surface area contributed by atoms with E-state index in [0.717, 1.165) is 30.1 Å². The maximum Gasteiger partial charge on any atom is 0.317 e. The van der Waals surface area contributed by atoms with Crippen molar-refractivity contribution in [2.24, 2.45) is 0 Å². The van der Waals surface area contributed by atoms with Crippen LogP contribution in [0.15, 0.2) is 22.6 Å². The van der Waals surface area contributed by atoms with Gasteiger partial charge in [0.15, 0.2) is 5.58 Å². The Labute approximate surface area is 141 Å². The van der Waals surface area contributed by atoms with Crippen molar-refractivity contribution in [1.29, 1.82) is 0 Å². The van der Waals surface area contributed by atoms with Gasteiger partial charge in [0, 0.05) is 39.8 Å². The average Bonchev–Trinajstić information content (AvgIpc) is 2.97. The molecule has 0 aliphatic carbocycles. The summed E-state index contributed by atoms with van der Waals surface area (Å²) in [6.07, 6.45) is 0. The number of carbonyl (C=O) groups excluding carboxylic acids is 1. The molecule has 0 saturated carbocycles. The molecule has 7 nitrogen and oxygen atoms in total. The molecule has 2 amide bonds. The highest BCUT2D eigenvalue weighted by molar-refractivity contribution is 5.74. The first-order valence-corrected chi connectivity index (χ1v) is 8.26. The standard InChI is InChI=1S/C17H24N4O3/c1-13-3-4-15-14(11-13)19-16(24-15)12-20-6-8-21(9-7-20)17(22)18-5-10-23-2/h3-4,11H,5-10,12H2,1-2H3,(H,18,22). The van der Waals surface area contributed by atoms with E-state index in [1.54, 1.807) is 7.11 Å². The van der Waals surface area contributed by atoms with Crippen molar-refractivity contribution < 1.29 is 13.9 Å². The lowest BCUT2D eigenvalue weighted by molar-refractivity contribution is 0.126. The molecule has 24 heavy (non-hydrogen) atoms. The number of aromatic nitrogens is 1. The van der Waals surface area contributed by atoms with Gasteiger partial charge in [0.2, 0.25) is 5.89 Å². The molecule has 7 heteroatoms. The highest BCUT2D eigenvalue weighted by atomic mass is 16.5. The van der Waals surface area contributed by atoms with E-state index in [-0.39, 0.29) is 6.03 Å². The zero-order chi connectivity index (χ0) is 16.9. The molecule has 0 bridgehead atoms. The molecular weight excluding hydrogens is 308 g/mol. The van der Waals surface area contributed by atoms with Gasteiger partial charge in [-0.2, -0.15) is 0 Å². The number of amides is 2. The number of hydrogen-bond donors (Lipinski definition) is 1. The van der Waals surface area contributed by atoms with Gasteiger partial charge < -0.3 is 19.4 Å². The minimum atomic E-state index is -0.0240. The first-order chi connectivity index (χ1) is 11.7. The van der Waals surface area contributed by atoms with E-state index >= 15 is 0 Å². The van der Waals surface area contributed by atoms with Crippen LogP contribution in [0.25, 0.3) is 11.1 Å². The quantitative estimate of drug-likeness (QED) is 0.843. The van der Waals surface area contributed by atoms with Crippen molar-refractivity contribution in [1.82, 2.24) is 20.1 Å². The molecule has 1 aromatic carbocycles. The lowest BCUT2D eigenvalue weighted by Crippen LogP contribution is -2.51. The molecule has 1 fully saturated rings. The fourth-order valence-corrected chi connectivity index (χ4v) is 2.83. The summed E-state index contributed by atoms with van der Waals surface area (Å²) in [7, 11) is 1.62. The summed E-state index contributed by atoms with van der Waals surface area (Å²) < 4.78 is 10.7. The number of rotatable bonds is 5. The maximum absolute atomic E-state index is 12.0. The van der Waals surface area contributed by atoms with Crippen LogP contribution in [0.3, 0.4) is 0 Å². The Balaban J connectivity index is 1.50. The van der Waals surface area contributed by atoms with Gasteiger partial charge in [0.1, 0.15) is 5.52 Å². The summed E-state index contributed by atoms with van der Waals surface area (Å²) in [4.78, 5) is 20.6. The molecule has 2 aromatic rings. The Bertz CT molecular complexity index is 692. The van der Waals surface area contributed by atoms with Crippen molar-refractivity contribution >= 4 is 17.1 Å². The molecule has 1 aliphatic heterocycles. The predicted molar refractivity (Wildman–Crippen MR) is 90.9 cm³/mol. The molecule has 1 aromatic heterocycles. The van der Waals surface area contributed by atoms with Gasteiger partial charge >= 0.3 is 6.03 Å². The Hall–Kier alpha value is -2.12. The zero-order valence-electron chi connectivity index (χ0n) is 14.2. The molecule has 3 rings (SSSR count). The van der Waals surface area contributed by atoms with Gasteiger partial charge in [0.05, 0.1) is 13.2 Å². The minimum Gasteiger partial charge on any atom is -0.439 e. The fourth-order valence-electron chi connectivity index (χ4n) is 2.83.